The third-order valence-electron chi connectivity index (χ3n) is 1.99. The summed E-state index contributed by atoms with van der Waals surface area (Å²) in [6.45, 7) is 4.52. The standard InChI is InChI=1S/C12H15O3/c1-2-3-8-15-12-6-4-11(5-7-12)9-14-10-13/h4-7H,2-3,8-9H2,1H3. The largest absolute Gasteiger partial charge is 0.494 e. The van der Waals surface area contributed by atoms with Crippen molar-refractivity contribution in [1.29, 1.82) is 0 Å². The molecule has 0 saturated heterocycles. The summed E-state index contributed by atoms with van der Waals surface area (Å²) in [7, 11) is 0. The van der Waals surface area contributed by atoms with E-state index >= 15 is 0 Å². The van der Waals surface area contributed by atoms with Crippen LogP contribution in [-0.2, 0) is 16.1 Å². The van der Waals surface area contributed by atoms with Crippen molar-refractivity contribution < 1.29 is 14.3 Å². The molecule has 1 rings (SSSR count). The van der Waals surface area contributed by atoms with E-state index in [1.54, 1.807) is 0 Å². The molecule has 0 bridgehead atoms. The summed E-state index contributed by atoms with van der Waals surface area (Å²) in [5, 5.41) is 0. The van der Waals surface area contributed by atoms with Crippen molar-refractivity contribution in [3.05, 3.63) is 29.8 Å². The second-order valence-electron chi connectivity index (χ2n) is 3.22. The van der Waals surface area contributed by atoms with E-state index in [1.165, 1.54) is 6.47 Å². The highest BCUT2D eigenvalue weighted by Gasteiger charge is 1.95. The van der Waals surface area contributed by atoms with Gasteiger partial charge in [0.1, 0.15) is 12.4 Å². The van der Waals surface area contributed by atoms with Crippen LogP contribution in [0.5, 0.6) is 5.75 Å². The summed E-state index contributed by atoms with van der Waals surface area (Å²) < 4.78 is 10.00. The Morgan fingerprint density at radius 3 is 2.60 bits per heavy atom. The second kappa shape index (κ2) is 6.87. The number of unbranched alkanes of at least 4 members (excludes halogenated alkanes) is 1. The highest BCUT2D eigenvalue weighted by molar-refractivity contribution is 5.38. The number of benzene rings is 1. The van der Waals surface area contributed by atoms with E-state index in [1.807, 2.05) is 24.3 Å². The summed E-state index contributed by atoms with van der Waals surface area (Å²) >= 11 is 0. The Kier molecular flexibility index (Phi) is 5.30. The molecule has 0 aliphatic carbocycles. The van der Waals surface area contributed by atoms with Gasteiger partial charge in [-0.3, -0.25) is 0 Å². The molecule has 0 heterocycles. The van der Waals surface area contributed by atoms with Gasteiger partial charge >= 0.3 is 6.47 Å². The molecule has 0 atom stereocenters. The minimum Gasteiger partial charge on any atom is -0.494 e. The zero-order valence-electron chi connectivity index (χ0n) is 8.86. The Bertz CT molecular complexity index is 279. The van der Waals surface area contributed by atoms with E-state index in [4.69, 9.17) is 4.74 Å². The van der Waals surface area contributed by atoms with Gasteiger partial charge in [-0.2, -0.15) is 0 Å². The van der Waals surface area contributed by atoms with E-state index < -0.39 is 0 Å². The van der Waals surface area contributed by atoms with Crippen LogP contribution < -0.4 is 4.74 Å². The van der Waals surface area contributed by atoms with Gasteiger partial charge in [0.05, 0.1) is 6.61 Å². The Labute approximate surface area is 90.0 Å². The minimum absolute atomic E-state index is 0.263. The fourth-order valence-electron chi connectivity index (χ4n) is 1.13. The number of hydrogen-bond acceptors (Lipinski definition) is 3. The Morgan fingerprint density at radius 1 is 1.27 bits per heavy atom. The summed E-state index contributed by atoms with van der Waals surface area (Å²) in [6, 6.07) is 7.50. The van der Waals surface area contributed by atoms with Crippen LogP contribution >= 0.6 is 0 Å². The van der Waals surface area contributed by atoms with E-state index in [0.29, 0.717) is 0 Å². The zero-order chi connectivity index (χ0) is 10.9. The predicted octanol–water partition coefficient (Wildman–Crippen LogP) is 2.45. The van der Waals surface area contributed by atoms with E-state index in [9.17, 15) is 4.79 Å². The maximum Gasteiger partial charge on any atom is 0.417 e. The summed E-state index contributed by atoms with van der Waals surface area (Å²) in [5.74, 6) is 0.849. The van der Waals surface area contributed by atoms with Crippen LogP contribution in [0.25, 0.3) is 0 Å². The molecule has 0 N–H and O–H groups in total. The SMILES string of the molecule is CCCCOc1ccc(CO[C]=O)cc1. The molecule has 0 amide bonds. The molecule has 0 spiro atoms. The van der Waals surface area contributed by atoms with Gasteiger partial charge in [0, 0.05) is 0 Å². The molecule has 1 radical (unpaired) electrons. The van der Waals surface area contributed by atoms with Crippen molar-refractivity contribution in [2.24, 2.45) is 0 Å². The van der Waals surface area contributed by atoms with Gasteiger partial charge in [-0.05, 0) is 24.1 Å². The van der Waals surface area contributed by atoms with Gasteiger partial charge in [0.25, 0.3) is 0 Å². The first-order valence-electron chi connectivity index (χ1n) is 5.07. The van der Waals surface area contributed by atoms with Crippen LogP contribution in [0.3, 0.4) is 0 Å². The smallest absolute Gasteiger partial charge is 0.417 e. The van der Waals surface area contributed by atoms with Gasteiger partial charge in [-0.15, -0.1) is 0 Å². The molecule has 3 nitrogen and oxygen atoms in total. The molecule has 0 aromatic heterocycles. The first-order valence-corrected chi connectivity index (χ1v) is 5.07. The molecule has 0 unspecified atom stereocenters. The molecule has 0 aliphatic rings. The van der Waals surface area contributed by atoms with Gasteiger partial charge in [0.2, 0.25) is 0 Å². The monoisotopic (exact) mass is 207 g/mol. The fraction of sp³-hybridized carbons (Fsp3) is 0.417. The molecular weight excluding hydrogens is 192 g/mol. The number of rotatable bonds is 7. The normalized spacial score (nSPS) is 9.67. The molecule has 0 aliphatic heterocycles. The van der Waals surface area contributed by atoms with E-state index in [2.05, 4.69) is 11.7 Å². The Morgan fingerprint density at radius 2 is 2.00 bits per heavy atom. The Balaban J connectivity index is 2.38. The molecule has 1 aromatic carbocycles. The van der Waals surface area contributed by atoms with E-state index in [0.717, 1.165) is 30.8 Å². The van der Waals surface area contributed by atoms with Gasteiger partial charge in [0.15, 0.2) is 0 Å². The van der Waals surface area contributed by atoms with Crippen LogP contribution in [0.15, 0.2) is 24.3 Å². The molecule has 15 heavy (non-hydrogen) atoms. The lowest BCUT2D eigenvalue weighted by Gasteiger charge is -2.05. The van der Waals surface area contributed by atoms with Crippen LogP contribution in [0.2, 0.25) is 0 Å². The lowest BCUT2D eigenvalue weighted by molar-refractivity contribution is 0.266. The maximum atomic E-state index is 9.85. The van der Waals surface area contributed by atoms with Gasteiger partial charge in [-0.1, -0.05) is 25.5 Å². The summed E-state index contributed by atoms with van der Waals surface area (Å²) in [6.07, 6.45) is 2.19. The first-order chi connectivity index (χ1) is 7.36. The molecule has 81 valence electrons. The predicted molar refractivity (Wildman–Crippen MR) is 57.3 cm³/mol. The van der Waals surface area contributed by atoms with Crippen molar-refractivity contribution in [2.75, 3.05) is 6.61 Å². The van der Waals surface area contributed by atoms with Crippen molar-refractivity contribution in [2.45, 2.75) is 26.4 Å². The number of hydrogen-bond donors (Lipinski definition) is 0. The van der Waals surface area contributed by atoms with Crippen molar-refractivity contribution in [3.8, 4) is 5.75 Å². The minimum atomic E-state index is 0.263. The second-order valence-corrected chi connectivity index (χ2v) is 3.22. The Hall–Kier alpha value is -1.51. The van der Waals surface area contributed by atoms with Crippen LogP contribution in [0, 0.1) is 0 Å². The first kappa shape index (κ1) is 11.6. The molecule has 3 heteroatoms. The maximum absolute atomic E-state index is 9.85. The third-order valence-corrected chi connectivity index (χ3v) is 1.99. The average molecular weight is 207 g/mol. The lowest BCUT2D eigenvalue weighted by atomic mass is 10.2. The summed E-state index contributed by atoms with van der Waals surface area (Å²) in [5.41, 5.74) is 0.932. The third kappa shape index (κ3) is 4.49. The zero-order valence-corrected chi connectivity index (χ0v) is 8.86. The quantitative estimate of drug-likeness (QED) is 0.644. The van der Waals surface area contributed by atoms with Crippen LogP contribution in [-0.4, -0.2) is 13.1 Å². The fourth-order valence-corrected chi connectivity index (χ4v) is 1.13. The lowest BCUT2D eigenvalue weighted by Crippen LogP contribution is -1.96. The highest BCUT2D eigenvalue weighted by atomic mass is 16.5. The molecular formula is C12H15O3. The molecule has 0 saturated carbocycles. The van der Waals surface area contributed by atoms with Gasteiger partial charge in [-0.25, -0.2) is 4.79 Å². The van der Waals surface area contributed by atoms with Crippen LogP contribution in [0.1, 0.15) is 25.3 Å². The van der Waals surface area contributed by atoms with Crippen LogP contribution in [0.4, 0.5) is 0 Å². The molecule has 1 aromatic rings. The molecule has 0 fully saturated rings. The van der Waals surface area contributed by atoms with Crippen molar-refractivity contribution in [1.82, 2.24) is 0 Å². The van der Waals surface area contributed by atoms with E-state index in [-0.39, 0.29) is 6.61 Å². The average Bonchev–Trinajstić information content (AvgIpc) is 2.28. The topological polar surface area (TPSA) is 35.5 Å². The van der Waals surface area contributed by atoms with Gasteiger partial charge < -0.3 is 9.47 Å². The summed E-state index contributed by atoms with van der Waals surface area (Å²) in [4.78, 5) is 9.85. The number of carbonyl (C=O) groups excluding carboxylic acids is 1. The highest BCUT2D eigenvalue weighted by Crippen LogP contribution is 2.13. The van der Waals surface area contributed by atoms with Crippen molar-refractivity contribution in [3.63, 3.8) is 0 Å². The number of ether oxygens (including phenoxy) is 2. The van der Waals surface area contributed by atoms with Crippen molar-refractivity contribution >= 4 is 6.47 Å².